The first kappa shape index (κ1) is 12.6. The number of nitrogens with one attached hydrogen (secondary N) is 1. The van der Waals surface area contributed by atoms with E-state index in [1.54, 1.807) is 0 Å². The summed E-state index contributed by atoms with van der Waals surface area (Å²) in [6, 6.07) is 7.97. The van der Waals surface area contributed by atoms with Crippen LogP contribution in [0, 0.1) is 6.92 Å². The Balaban J connectivity index is 2.43. The average molecular weight is 263 g/mol. The quantitative estimate of drug-likeness (QED) is 0.833. The summed E-state index contributed by atoms with van der Waals surface area (Å²) in [4.78, 5) is 8.17. The van der Waals surface area contributed by atoms with E-state index in [9.17, 15) is 0 Å². The van der Waals surface area contributed by atoms with Gasteiger partial charge >= 0.3 is 0 Å². The minimum Gasteiger partial charge on any atom is -0.368 e. The number of rotatable bonds is 3. The summed E-state index contributed by atoms with van der Waals surface area (Å²) >= 11 is 6.07. The fourth-order valence-electron chi connectivity index (χ4n) is 1.73. The number of nitrogens with zero attached hydrogens (tertiary/aromatic N) is 2. The molecule has 0 aliphatic heterocycles. The standard InChI is InChI=1S/C13H15ClN4/c1-3-9-11(14)17-13(15)18-12(9)16-10-7-5-4-6-8(10)2/h4-7H,3H2,1-2H3,(H3,15,16,17,18). The third kappa shape index (κ3) is 2.54. The van der Waals surface area contributed by atoms with Crippen LogP contribution in [0.1, 0.15) is 18.1 Å². The Labute approximate surface area is 111 Å². The van der Waals surface area contributed by atoms with Crippen LogP contribution in [0.2, 0.25) is 5.15 Å². The lowest BCUT2D eigenvalue weighted by molar-refractivity contribution is 1.06. The molecule has 1 aromatic heterocycles. The zero-order valence-corrected chi connectivity index (χ0v) is 11.1. The minimum absolute atomic E-state index is 0.174. The van der Waals surface area contributed by atoms with Crippen molar-refractivity contribution in [3.63, 3.8) is 0 Å². The van der Waals surface area contributed by atoms with Crippen molar-refractivity contribution in [1.82, 2.24) is 9.97 Å². The summed E-state index contributed by atoms with van der Waals surface area (Å²) in [5.41, 5.74) is 8.62. The Morgan fingerprint density at radius 1 is 1.28 bits per heavy atom. The Morgan fingerprint density at radius 2 is 2.00 bits per heavy atom. The number of nitrogens with two attached hydrogens (primary N) is 1. The van der Waals surface area contributed by atoms with Gasteiger partial charge in [-0.3, -0.25) is 0 Å². The molecule has 2 aromatic rings. The topological polar surface area (TPSA) is 63.8 Å². The second-order valence-electron chi connectivity index (χ2n) is 3.99. The van der Waals surface area contributed by atoms with E-state index in [0.29, 0.717) is 11.0 Å². The molecule has 94 valence electrons. The molecule has 5 heteroatoms. The van der Waals surface area contributed by atoms with Crippen LogP contribution in [0.5, 0.6) is 0 Å². The number of aryl methyl sites for hydroxylation is 1. The van der Waals surface area contributed by atoms with Crippen LogP contribution in [0.4, 0.5) is 17.5 Å². The van der Waals surface area contributed by atoms with Gasteiger partial charge in [-0.15, -0.1) is 0 Å². The number of para-hydroxylation sites is 1. The molecule has 18 heavy (non-hydrogen) atoms. The third-order valence-electron chi connectivity index (χ3n) is 2.73. The molecule has 0 amide bonds. The van der Waals surface area contributed by atoms with Crippen LogP contribution >= 0.6 is 11.6 Å². The van der Waals surface area contributed by atoms with Crippen molar-refractivity contribution < 1.29 is 0 Å². The van der Waals surface area contributed by atoms with Gasteiger partial charge in [0.2, 0.25) is 5.95 Å². The first-order valence-corrected chi connectivity index (χ1v) is 6.14. The van der Waals surface area contributed by atoms with E-state index >= 15 is 0 Å². The van der Waals surface area contributed by atoms with Gasteiger partial charge in [-0.05, 0) is 25.0 Å². The third-order valence-corrected chi connectivity index (χ3v) is 3.04. The lowest BCUT2D eigenvalue weighted by Gasteiger charge is -2.13. The molecule has 0 spiro atoms. The first-order valence-electron chi connectivity index (χ1n) is 5.76. The van der Waals surface area contributed by atoms with E-state index in [1.165, 1.54) is 0 Å². The molecule has 3 N–H and O–H groups in total. The lowest BCUT2D eigenvalue weighted by atomic mass is 10.2. The number of anilines is 3. The molecule has 0 aliphatic carbocycles. The molecule has 4 nitrogen and oxygen atoms in total. The van der Waals surface area contributed by atoms with E-state index in [2.05, 4.69) is 15.3 Å². The van der Waals surface area contributed by atoms with E-state index in [4.69, 9.17) is 17.3 Å². The van der Waals surface area contributed by atoms with Crippen molar-refractivity contribution in [2.45, 2.75) is 20.3 Å². The van der Waals surface area contributed by atoms with Crippen molar-refractivity contribution >= 4 is 29.1 Å². The fourth-order valence-corrected chi connectivity index (χ4v) is 2.04. The van der Waals surface area contributed by atoms with Gasteiger partial charge in [-0.1, -0.05) is 36.7 Å². The maximum absolute atomic E-state index is 6.07. The van der Waals surface area contributed by atoms with Crippen LogP contribution in [0.15, 0.2) is 24.3 Å². The highest BCUT2D eigenvalue weighted by atomic mass is 35.5. The van der Waals surface area contributed by atoms with Crippen LogP contribution in [0.3, 0.4) is 0 Å². The number of hydrogen-bond donors (Lipinski definition) is 2. The van der Waals surface area contributed by atoms with Gasteiger partial charge in [0, 0.05) is 11.3 Å². The molecule has 2 rings (SSSR count). The lowest BCUT2D eigenvalue weighted by Crippen LogP contribution is -2.05. The van der Waals surface area contributed by atoms with Gasteiger partial charge in [0.15, 0.2) is 0 Å². The molecule has 1 aromatic carbocycles. The molecule has 0 fully saturated rings. The van der Waals surface area contributed by atoms with Gasteiger partial charge < -0.3 is 11.1 Å². The van der Waals surface area contributed by atoms with Crippen LogP contribution < -0.4 is 11.1 Å². The molecule has 0 saturated heterocycles. The van der Waals surface area contributed by atoms with Gasteiger partial charge in [0.1, 0.15) is 11.0 Å². The van der Waals surface area contributed by atoms with Gasteiger partial charge in [0.05, 0.1) is 0 Å². The van der Waals surface area contributed by atoms with Crippen molar-refractivity contribution in [1.29, 1.82) is 0 Å². The van der Waals surface area contributed by atoms with Crippen molar-refractivity contribution in [2.24, 2.45) is 0 Å². The second kappa shape index (κ2) is 5.23. The first-order chi connectivity index (χ1) is 8.61. The normalized spacial score (nSPS) is 10.4. The number of hydrogen-bond acceptors (Lipinski definition) is 4. The zero-order chi connectivity index (χ0) is 13.1. The van der Waals surface area contributed by atoms with Crippen molar-refractivity contribution in [2.75, 3.05) is 11.1 Å². The largest absolute Gasteiger partial charge is 0.368 e. The van der Waals surface area contributed by atoms with Crippen LogP contribution in [-0.2, 0) is 6.42 Å². The molecule has 0 bridgehead atoms. The summed E-state index contributed by atoms with van der Waals surface area (Å²) < 4.78 is 0. The van der Waals surface area contributed by atoms with Gasteiger partial charge in [-0.25, -0.2) is 4.98 Å². The molecule has 0 aliphatic rings. The molecular weight excluding hydrogens is 248 g/mol. The van der Waals surface area contributed by atoms with Gasteiger partial charge in [0.25, 0.3) is 0 Å². The predicted octanol–water partition coefficient (Wildman–Crippen LogP) is 3.33. The maximum Gasteiger partial charge on any atom is 0.223 e. The second-order valence-corrected chi connectivity index (χ2v) is 4.35. The maximum atomic E-state index is 6.07. The van der Waals surface area contributed by atoms with Crippen LogP contribution in [-0.4, -0.2) is 9.97 Å². The summed E-state index contributed by atoms with van der Waals surface area (Å²) in [6.07, 6.45) is 0.743. The summed E-state index contributed by atoms with van der Waals surface area (Å²) in [7, 11) is 0. The molecule has 0 atom stereocenters. The van der Waals surface area contributed by atoms with E-state index in [-0.39, 0.29) is 5.95 Å². The van der Waals surface area contributed by atoms with Crippen molar-refractivity contribution in [3.05, 3.63) is 40.5 Å². The number of benzene rings is 1. The van der Waals surface area contributed by atoms with Gasteiger partial charge in [-0.2, -0.15) is 4.98 Å². The Morgan fingerprint density at radius 3 is 2.67 bits per heavy atom. The van der Waals surface area contributed by atoms with Crippen molar-refractivity contribution in [3.8, 4) is 0 Å². The van der Waals surface area contributed by atoms with E-state index < -0.39 is 0 Å². The Kier molecular flexibility index (Phi) is 3.67. The average Bonchev–Trinajstić information content (AvgIpc) is 2.31. The highest BCUT2D eigenvalue weighted by molar-refractivity contribution is 6.30. The monoisotopic (exact) mass is 262 g/mol. The fraction of sp³-hybridized carbons (Fsp3) is 0.231. The molecule has 1 heterocycles. The predicted molar refractivity (Wildman–Crippen MR) is 75.3 cm³/mol. The number of nitrogen functional groups attached to an aromatic ring is 1. The van der Waals surface area contributed by atoms with Crippen LogP contribution in [0.25, 0.3) is 0 Å². The summed E-state index contributed by atoms with van der Waals surface area (Å²) in [6.45, 7) is 4.03. The Bertz CT molecular complexity index is 569. The Hall–Kier alpha value is -1.81. The molecule has 0 saturated carbocycles. The zero-order valence-electron chi connectivity index (χ0n) is 10.4. The summed E-state index contributed by atoms with van der Waals surface area (Å²) in [5, 5.41) is 3.66. The highest BCUT2D eigenvalue weighted by Crippen LogP contribution is 2.26. The van der Waals surface area contributed by atoms with E-state index in [1.807, 2.05) is 38.1 Å². The minimum atomic E-state index is 0.174. The summed E-state index contributed by atoms with van der Waals surface area (Å²) in [5.74, 6) is 0.845. The smallest absolute Gasteiger partial charge is 0.223 e. The molecule has 0 radical (unpaired) electrons. The number of halogens is 1. The van der Waals surface area contributed by atoms with E-state index in [0.717, 1.165) is 23.2 Å². The SMILES string of the molecule is CCc1c(Cl)nc(N)nc1Nc1ccccc1C. The highest BCUT2D eigenvalue weighted by Gasteiger charge is 2.11. The molecule has 0 unspecified atom stereocenters. The number of aromatic nitrogens is 2. The molecular formula is C13H15ClN4.